The van der Waals surface area contributed by atoms with Crippen molar-refractivity contribution in [2.24, 2.45) is 0 Å². The zero-order valence-electron chi connectivity index (χ0n) is 12.3. The number of carbonyl (C=O) groups is 2. The van der Waals surface area contributed by atoms with E-state index in [1.165, 1.54) is 0 Å². The van der Waals surface area contributed by atoms with E-state index in [4.69, 9.17) is 5.11 Å². The number of hydrogen-bond acceptors (Lipinski definition) is 3. The minimum absolute atomic E-state index is 0.0477. The summed E-state index contributed by atoms with van der Waals surface area (Å²) >= 11 is 0. The molecule has 116 valence electrons. The van der Waals surface area contributed by atoms with Crippen molar-refractivity contribution in [3.63, 3.8) is 0 Å². The smallest absolute Gasteiger partial charge is 0.303 e. The van der Waals surface area contributed by atoms with Crippen LogP contribution in [0, 0.1) is 0 Å². The van der Waals surface area contributed by atoms with E-state index >= 15 is 0 Å². The molecule has 2 heterocycles. The maximum absolute atomic E-state index is 11.7. The number of rotatable bonds is 5. The molecule has 23 heavy (non-hydrogen) atoms. The first-order valence-corrected chi connectivity index (χ1v) is 7.17. The normalized spacial score (nSPS) is 10.6. The first-order valence-electron chi connectivity index (χ1n) is 7.17. The van der Waals surface area contributed by atoms with Crippen LogP contribution in [0.4, 0.5) is 5.69 Å². The summed E-state index contributed by atoms with van der Waals surface area (Å²) in [5.41, 5.74) is 3.15. The Morgan fingerprint density at radius 3 is 2.78 bits per heavy atom. The third kappa shape index (κ3) is 3.55. The molecular weight excluding hydrogens is 294 g/mol. The number of carboxylic acids is 1. The summed E-state index contributed by atoms with van der Waals surface area (Å²) in [6, 6.07) is 13.1. The van der Waals surface area contributed by atoms with Crippen LogP contribution in [0.15, 0.2) is 54.9 Å². The van der Waals surface area contributed by atoms with E-state index in [2.05, 4.69) is 10.3 Å². The highest BCUT2D eigenvalue weighted by Gasteiger charge is 2.08. The number of imidazole rings is 1. The second kappa shape index (κ2) is 6.31. The van der Waals surface area contributed by atoms with Gasteiger partial charge in [-0.2, -0.15) is 0 Å². The van der Waals surface area contributed by atoms with Gasteiger partial charge in [0.2, 0.25) is 5.91 Å². The lowest BCUT2D eigenvalue weighted by Crippen LogP contribution is -2.13. The van der Waals surface area contributed by atoms with Gasteiger partial charge < -0.3 is 14.8 Å². The molecule has 0 unspecified atom stereocenters. The zero-order valence-corrected chi connectivity index (χ0v) is 12.3. The quantitative estimate of drug-likeness (QED) is 0.759. The number of benzene rings is 1. The predicted molar refractivity (Wildman–Crippen MR) is 86.1 cm³/mol. The molecule has 2 aromatic heterocycles. The number of amides is 1. The highest BCUT2D eigenvalue weighted by atomic mass is 16.4. The molecule has 0 fully saturated rings. The van der Waals surface area contributed by atoms with E-state index < -0.39 is 5.97 Å². The molecule has 1 amide bonds. The van der Waals surface area contributed by atoms with Crippen molar-refractivity contribution >= 4 is 23.2 Å². The van der Waals surface area contributed by atoms with Crippen LogP contribution >= 0.6 is 0 Å². The van der Waals surface area contributed by atoms with Crippen LogP contribution < -0.4 is 5.32 Å². The van der Waals surface area contributed by atoms with E-state index in [9.17, 15) is 9.59 Å². The molecule has 3 rings (SSSR count). The monoisotopic (exact) mass is 309 g/mol. The van der Waals surface area contributed by atoms with Gasteiger partial charge in [-0.15, -0.1) is 0 Å². The van der Waals surface area contributed by atoms with Gasteiger partial charge in [-0.25, -0.2) is 4.98 Å². The Hall–Kier alpha value is -3.15. The molecule has 0 atom stereocenters. The number of nitrogens with one attached hydrogen (secondary N) is 1. The van der Waals surface area contributed by atoms with Crippen LogP contribution in [-0.2, 0) is 9.59 Å². The van der Waals surface area contributed by atoms with E-state index in [1.54, 1.807) is 6.07 Å². The number of aliphatic carboxylic acids is 1. The molecule has 1 aromatic carbocycles. The van der Waals surface area contributed by atoms with Gasteiger partial charge in [0.25, 0.3) is 0 Å². The molecule has 0 aliphatic carbocycles. The summed E-state index contributed by atoms with van der Waals surface area (Å²) in [6.07, 6.45) is 3.61. The number of hydrogen-bond donors (Lipinski definition) is 2. The van der Waals surface area contributed by atoms with E-state index in [0.717, 1.165) is 16.9 Å². The van der Waals surface area contributed by atoms with Crippen molar-refractivity contribution in [2.75, 3.05) is 5.32 Å². The summed E-state index contributed by atoms with van der Waals surface area (Å²) < 4.78 is 1.92. The Morgan fingerprint density at radius 1 is 1.13 bits per heavy atom. The van der Waals surface area contributed by atoms with Crippen molar-refractivity contribution in [1.29, 1.82) is 0 Å². The van der Waals surface area contributed by atoms with Crippen molar-refractivity contribution in [3.8, 4) is 11.3 Å². The maximum atomic E-state index is 11.7. The second-order valence-electron chi connectivity index (χ2n) is 5.11. The average molecular weight is 309 g/mol. The fourth-order valence-corrected chi connectivity index (χ4v) is 2.27. The number of nitrogens with zero attached hydrogens (tertiary/aromatic N) is 2. The number of carbonyl (C=O) groups excluding carboxylic acids is 1. The van der Waals surface area contributed by atoms with Gasteiger partial charge in [0, 0.05) is 30.1 Å². The fourth-order valence-electron chi connectivity index (χ4n) is 2.27. The Labute approximate surface area is 132 Å². The van der Waals surface area contributed by atoms with Gasteiger partial charge in [0.15, 0.2) is 0 Å². The van der Waals surface area contributed by atoms with Gasteiger partial charge >= 0.3 is 5.97 Å². The first-order chi connectivity index (χ1) is 11.1. The Morgan fingerprint density at radius 2 is 2.00 bits per heavy atom. The SMILES string of the molecule is O=C(O)CCC(=O)Nc1cccc(-c2cn3ccccc3n2)c1. The number of anilines is 1. The number of fused-ring (bicyclic) bond motifs is 1. The molecule has 0 aliphatic heterocycles. The summed E-state index contributed by atoms with van der Waals surface area (Å²) in [4.78, 5) is 26.7. The van der Waals surface area contributed by atoms with E-state index in [0.29, 0.717) is 5.69 Å². The minimum atomic E-state index is -0.987. The fraction of sp³-hybridized carbons (Fsp3) is 0.118. The summed E-state index contributed by atoms with van der Waals surface area (Å²) in [5.74, 6) is -1.31. The molecule has 2 N–H and O–H groups in total. The molecule has 0 radical (unpaired) electrons. The standard InChI is InChI=1S/C17H15N3O3/c21-16(7-8-17(22)23)18-13-5-3-4-12(10-13)14-11-20-9-2-1-6-15(20)19-14/h1-6,9-11H,7-8H2,(H,18,21)(H,22,23). The lowest BCUT2D eigenvalue weighted by atomic mass is 10.1. The summed E-state index contributed by atoms with van der Waals surface area (Å²) in [5, 5.41) is 11.3. The number of pyridine rings is 1. The Kier molecular flexibility index (Phi) is 4.05. The predicted octanol–water partition coefficient (Wildman–Crippen LogP) is 2.80. The van der Waals surface area contributed by atoms with Gasteiger partial charge in [0.05, 0.1) is 12.1 Å². The lowest BCUT2D eigenvalue weighted by Gasteiger charge is -2.05. The van der Waals surface area contributed by atoms with Crippen LogP contribution in [-0.4, -0.2) is 26.4 Å². The summed E-state index contributed by atoms with van der Waals surface area (Å²) in [7, 11) is 0. The Balaban J connectivity index is 1.79. The van der Waals surface area contributed by atoms with Crippen LogP contribution in [0.3, 0.4) is 0 Å². The first kappa shape index (κ1) is 14.8. The maximum Gasteiger partial charge on any atom is 0.303 e. The van der Waals surface area contributed by atoms with Crippen molar-refractivity contribution in [1.82, 2.24) is 9.38 Å². The highest BCUT2D eigenvalue weighted by Crippen LogP contribution is 2.22. The van der Waals surface area contributed by atoms with Gasteiger partial charge in [-0.1, -0.05) is 18.2 Å². The molecule has 3 aromatic rings. The molecule has 0 saturated carbocycles. The zero-order chi connectivity index (χ0) is 16.2. The van der Waals surface area contributed by atoms with E-state index in [1.807, 2.05) is 53.2 Å². The molecular formula is C17H15N3O3. The topological polar surface area (TPSA) is 83.7 Å². The van der Waals surface area contributed by atoms with Crippen LogP contribution in [0.5, 0.6) is 0 Å². The second-order valence-corrected chi connectivity index (χ2v) is 5.11. The molecule has 6 nitrogen and oxygen atoms in total. The largest absolute Gasteiger partial charge is 0.481 e. The van der Waals surface area contributed by atoms with Crippen LogP contribution in [0.1, 0.15) is 12.8 Å². The van der Waals surface area contributed by atoms with Gasteiger partial charge in [-0.05, 0) is 24.3 Å². The highest BCUT2D eigenvalue weighted by molar-refractivity contribution is 5.93. The minimum Gasteiger partial charge on any atom is -0.481 e. The summed E-state index contributed by atoms with van der Waals surface area (Å²) in [6.45, 7) is 0. The van der Waals surface area contributed by atoms with Crippen LogP contribution in [0.25, 0.3) is 16.9 Å². The lowest BCUT2D eigenvalue weighted by molar-refractivity contribution is -0.138. The third-order valence-electron chi connectivity index (χ3n) is 3.37. The Bertz CT molecular complexity index is 837. The van der Waals surface area contributed by atoms with Gasteiger partial charge in [0.1, 0.15) is 5.65 Å². The van der Waals surface area contributed by atoms with Crippen molar-refractivity contribution < 1.29 is 14.7 Å². The van der Waals surface area contributed by atoms with Crippen molar-refractivity contribution in [3.05, 3.63) is 54.9 Å². The van der Waals surface area contributed by atoms with Gasteiger partial charge in [-0.3, -0.25) is 9.59 Å². The number of aromatic nitrogens is 2. The molecule has 0 spiro atoms. The average Bonchev–Trinajstić information content (AvgIpc) is 2.97. The van der Waals surface area contributed by atoms with E-state index in [-0.39, 0.29) is 18.7 Å². The molecule has 0 saturated heterocycles. The van der Waals surface area contributed by atoms with Crippen LogP contribution in [0.2, 0.25) is 0 Å². The molecule has 6 heteroatoms. The third-order valence-corrected chi connectivity index (χ3v) is 3.37. The molecule has 0 aliphatic rings. The number of carboxylic acid groups (broad SMARTS) is 1. The molecule has 0 bridgehead atoms. The van der Waals surface area contributed by atoms with Crippen molar-refractivity contribution in [2.45, 2.75) is 12.8 Å².